The predicted octanol–water partition coefficient (Wildman–Crippen LogP) is 6.85. The van der Waals surface area contributed by atoms with E-state index < -0.39 is 0 Å². The maximum Gasteiger partial charge on any atom is 0.172 e. The summed E-state index contributed by atoms with van der Waals surface area (Å²) in [7, 11) is 0. The first-order valence-electron chi connectivity index (χ1n) is 9.28. The quantitative estimate of drug-likeness (QED) is 0.310. The molecule has 0 bridgehead atoms. The number of aromatic nitrogens is 2. The van der Waals surface area contributed by atoms with Crippen molar-refractivity contribution in [3.8, 4) is 23.0 Å². The van der Waals surface area contributed by atoms with Crippen molar-refractivity contribution in [1.82, 2.24) is 9.97 Å². The van der Waals surface area contributed by atoms with Gasteiger partial charge in [0.1, 0.15) is 0 Å². The number of benzene rings is 4. The molecule has 0 radical (unpaired) electrons. The Labute approximate surface area is 159 Å². The number of rotatable bonds is 0. The molecule has 0 atom stereocenters. The van der Waals surface area contributed by atoms with Crippen LogP contribution in [0.3, 0.4) is 0 Å². The van der Waals surface area contributed by atoms with Crippen LogP contribution >= 0.6 is 0 Å². The Bertz CT molecular complexity index is 1450. The molecular formula is C24H14N2O2. The highest BCUT2D eigenvalue weighted by molar-refractivity contribution is 6.09. The zero-order chi connectivity index (χ0) is 18.2. The number of H-pyrrole nitrogens is 2. The Morgan fingerprint density at radius 2 is 0.857 bits per heavy atom. The lowest BCUT2D eigenvalue weighted by Crippen LogP contribution is -1.98. The number of fused-ring (bicyclic) bond motifs is 8. The van der Waals surface area contributed by atoms with Crippen molar-refractivity contribution >= 4 is 43.6 Å². The summed E-state index contributed by atoms with van der Waals surface area (Å²) in [6.45, 7) is 0. The molecule has 3 heterocycles. The van der Waals surface area contributed by atoms with E-state index in [0.717, 1.165) is 55.8 Å². The van der Waals surface area contributed by atoms with Gasteiger partial charge in [0, 0.05) is 44.7 Å². The molecule has 0 aliphatic carbocycles. The average Bonchev–Trinajstić information content (AvgIpc) is 3.26. The highest BCUT2D eigenvalue weighted by Crippen LogP contribution is 2.49. The molecule has 4 aromatic carbocycles. The zero-order valence-electron chi connectivity index (χ0n) is 14.7. The first-order valence-corrected chi connectivity index (χ1v) is 9.28. The molecule has 6 aromatic rings. The number of hydrogen-bond donors (Lipinski definition) is 2. The minimum Gasteiger partial charge on any atom is -0.449 e. The van der Waals surface area contributed by atoms with Crippen LogP contribution < -0.4 is 9.47 Å². The molecule has 2 aromatic heterocycles. The number of hydrogen-bond acceptors (Lipinski definition) is 2. The van der Waals surface area contributed by atoms with Gasteiger partial charge < -0.3 is 19.4 Å². The van der Waals surface area contributed by atoms with Crippen molar-refractivity contribution in [1.29, 1.82) is 0 Å². The van der Waals surface area contributed by atoms with Crippen LogP contribution in [0.15, 0.2) is 72.8 Å². The lowest BCUT2D eigenvalue weighted by molar-refractivity contribution is 0.361. The molecule has 1 aliphatic heterocycles. The van der Waals surface area contributed by atoms with E-state index in [4.69, 9.17) is 9.47 Å². The molecule has 0 fully saturated rings. The van der Waals surface area contributed by atoms with Crippen LogP contribution in [0, 0.1) is 0 Å². The summed E-state index contributed by atoms with van der Waals surface area (Å²) < 4.78 is 12.5. The van der Waals surface area contributed by atoms with Crippen LogP contribution in [-0.2, 0) is 0 Å². The van der Waals surface area contributed by atoms with Gasteiger partial charge in [-0.05, 0) is 24.3 Å². The van der Waals surface area contributed by atoms with Crippen molar-refractivity contribution in [3.05, 3.63) is 72.8 Å². The van der Waals surface area contributed by atoms with E-state index in [2.05, 4.69) is 46.4 Å². The average molecular weight is 362 g/mol. The van der Waals surface area contributed by atoms with Gasteiger partial charge >= 0.3 is 0 Å². The van der Waals surface area contributed by atoms with Gasteiger partial charge in [0.15, 0.2) is 23.0 Å². The SMILES string of the molecule is c1ccc2c(c1)[nH]c1cc3c(cc12)Oc1cc2[nH]c4ccccc4c2cc1O3. The fourth-order valence-corrected chi connectivity index (χ4v) is 4.27. The summed E-state index contributed by atoms with van der Waals surface area (Å²) in [6.07, 6.45) is 0. The van der Waals surface area contributed by atoms with Gasteiger partial charge in [0.05, 0.1) is 11.0 Å². The van der Waals surface area contributed by atoms with Gasteiger partial charge in [-0.3, -0.25) is 0 Å². The summed E-state index contributed by atoms with van der Waals surface area (Å²) in [5.41, 5.74) is 4.30. The summed E-state index contributed by atoms with van der Waals surface area (Å²) in [6, 6.07) is 24.7. The predicted molar refractivity (Wildman–Crippen MR) is 112 cm³/mol. The Kier molecular flexibility index (Phi) is 2.46. The van der Waals surface area contributed by atoms with Gasteiger partial charge in [-0.25, -0.2) is 0 Å². The molecule has 2 N–H and O–H groups in total. The highest BCUT2D eigenvalue weighted by atomic mass is 16.6. The van der Waals surface area contributed by atoms with Crippen molar-refractivity contribution in [2.24, 2.45) is 0 Å². The second kappa shape index (κ2) is 4.87. The van der Waals surface area contributed by atoms with E-state index in [0.29, 0.717) is 0 Å². The molecule has 4 nitrogen and oxygen atoms in total. The normalized spacial score (nSPS) is 12.9. The standard InChI is InChI=1S/C24H14N2O2/c1-3-7-17-13(5-1)15-9-21-23(11-19(15)25-17)28-22-10-16-14-6-2-4-8-18(14)26-20(16)12-24(22)27-21/h1-12,25-26H. The van der Waals surface area contributed by atoms with Crippen LogP contribution in [0.25, 0.3) is 43.6 Å². The van der Waals surface area contributed by atoms with Crippen LogP contribution in [0.1, 0.15) is 0 Å². The molecule has 0 spiro atoms. The van der Waals surface area contributed by atoms with Crippen molar-refractivity contribution in [2.75, 3.05) is 0 Å². The van der Waals surface area contributed by atoms with E-state index in [9.17, 15) is 0 Å². The second-order valence-corrected chi connectivity index (χ2v) is 7.23. The lowest BCUT2D eigenvalue weighted by Gasteiger charge is -2.20. The van der Waals surface area contributed by atoms with E-state index in [-0.39, 0.29) is 0 Å². The third-order valence-corrected chi connectivity index (χ3v) is 5.58. The first-order chi connectivity index (χ1) is 13.8. The van der Waals surface area contributed by atoms with Crippen LogP contribution in [-0.4, -0.2) is 9.97 Å². The Hall–Kier alpha value is -3.92. The summed E-state index contributed by atoms with van der Waals surface area (Å²) in [5, 5.41) is 4.63. The van der Waals surface area contributed by atoms with Crippen molar-refractivity contribution in [3.63, 3.8) is 0 Å². The van der Waals surface area contributed by atoms with Gasteiger partial charge in [-0.1, -0.05) is 36.4 Å². The molecule has 0 unspecified atom stereocenters. The molecule has 0 amide bonds. The summed E-state index contributed by atoms with van der Waals surface area (Å²) >= 11 is 0. The molecule has 0 saturated heterocycles. The molecule has 132 valence electrons. The number of aromatic amines is 2. The Morgan fingerprint density at radius 1 is 0.429 bits per heavy atom. The smallest absolute Gasteiger partial charge is 0.172 e. The number of para-hydroxylation sites is 2. The van der Waals surface area contributed by atoms with Crippen LogP contribution in [0.4, 0.5) is 0 Å². The maximum absolute atomic E-state index is 6.25. The third kappa shape index (κ3) is 1.79. The third-order valence-electron chi connectivity index (χ3n) is 5.58. The van der Waals surface area contributed by atoms with E-state index >= 15 is 0 Å². The molecule has 4 heteroatoms. The lowest BCUT2D eigenvalue weighted by atomic mass is 10.1. The van der Waals surface area contributed by atoms with Crippen LogP contribution in [0.2, 0.25) is 0 Å². The van der Waals surface area contributed by atoms with Gasteiger partial charge in [0.25, 0.3) is 0 Å². The second-order valence-electron chi connectivity index (χ2n) is 7.23. The van der Waals surface area contributed by atoms with Crippen LogP contribution in [0.5, 0.6) is 23.0 Å². The zero-order valence-corrected chi connectivity index (χ0v) is 14.7. The Balaban J connectivity index is 1.45. The minimum absolute atomic E-state index is 0.728. The van der Waals surface area contributed by atoms with Crippen molar-refractivity contribution < 1.29 is 9.47 Å². The minimum atomic E-state index is 0.728. The summed E-state index contributed by atoms with van der Waals surface area (Å²) in [4.78, 5) is 6.92. The molecule has 0 saturated carbocycles. The monoisotopic (exact) mass is 362 g/mol. The Morgan fingerprint density at radius 3 is 1.36 bits per heavy atom. The van der Waals surface area contributed by atoms with Gasteiger partial charge in [0.2, 0.25) is 0 Å². The number of ether oxygens (including phenoxy) is 2. The number of nitrogens with one attached hydrogen (secondary N) is 2. The van der Waals surface area contributed by atoms with E-state index in [1.807, 2.05) is 36.4 Å². The van der Waals surface area contributed by atoms with Gasteiger partial charge in [-0.2, -0.15) is 0 Å². The molecule has 28 heavy (non-hydrogen) atoms. The topological polar surface area (TPSA) is 50.0 Å². The van der Waals surface area contributed by atoms with E-state index in [1.54, 1.807) is 0 Å². The first kappa shape index (κ1) is 14.2. The fourth-order valence-electron chi connectivity index (χ4n) is 4.27. The largest absolute Gasteiger partial charge is 0.449 e. The molecular weight excluding hydrogens is 348 g/mol. The maximum atomic E-state index is 6.25. The molecule has 1 aliphatic rings. The van der Waals surface area contributed by atoms with Gasteiger partial charge in [-0.15, -0.1) is 0 Å². The fraction of sp³-hybridized carbons (Fsp3) is 0. The van der Waals surface area contributed by atoms with Crippen molar-refractivity contribution in [2.45, 2.75) is 0 Å². The van der Waals surface area contributed by atoms with E-state index in [1.165, 1.54) is 10.8 Å². The highest BCUT2D eigenvalue weighted by Gasteiger charge is 2.22. The summed E-state index contributed by atoms with van der Waals surface area (Å²) in [5.74, 6) is 2.93. The molecule has 7 rings (SSSR count).